The Morgan fingerprint density at radius 2 is 2.18 bits per heavy atom. The number of anilines is 2. The van der Waals surface area contributed by atoms with E-state index < -0.39 is 0 Å². The number of aromatic nitrogens is 3. The van der Waals surface area contributed by atoms with Gasteiger partial charge in [-0.1, -0.05) is 6.07 Å². The summed E-state index contributed by atoms with van der Waals surface area (Å²) < 4.78 is 5.16. The van der Waals surface area contributed by atoms with E-state index >= 15 is 0 Å². The third kappa shape index (κ3) is 2.62. The monoisotopic (exact) mass is 250 g/mol. The summed E-state index contributed by atoms with van der Waals surface area (Å²) in [6.07, 6.45) is 1.55. The number of hydrogen-bond donors (Lipinski definition) is 0. The quantitative estimate of drug-likeness (QED) is 0.837. The Morgan fingerprint density at radius 3 is 2.88 bits per heavy atom. The molecule has 0 aliphatic carbocycles. The van der Waals surface area contributed by atoms with Gasteiger partial charge in [-0.05, 0) is 23.7 Å². The summed E-state index contributed by atoms with van der Waals surface area (Å²) in [6.45, 7) is 0. The van der Waals surface area contributed by atoms with Crippen molar-refractivity contribution in [2.24, 2.45) is 0 Å². The zero-order valence-corrected chi connectivity index (χ0v) is 10.2. The van der Waals surface area contributed by atoms with Crippen LogP contribution >= 0.6 is 11.6 Å². The maximum atomic E-state index is 5.70. The lowest BCUT2D eigenvalue weighted by Crippen LogP contribution is -2.12. The number of ether oxygens (including phenoxy) is 1. The van der Waals surface area contributed by atoms with E-state index in [1.54, 1.807) is 13.3 Å². The topological polar surface area (TPSA) is 51.1 Å². The first-order valence-electron chi connectivity index (χ1n) is 4.93. The van der Waals surface area contributed by atoms with Crippen LogP contribution in [0.15, 0.2) is 30.5 Å². The van der Waals surface area contributed by atoms with Crippen molar-refractivity contribution >= 4 is 23.1 Å². The molecule has 0 saturated carbocycles. The van der Waals surface area contributed by atoms with Crippen LogP contribution in [0, 0.1) is 0 Å². The van der Waals surface area contributed by atoms with Crippen molar-refractivity contribution in [2.45, 2.75) is 0 Å². The molecule has 1 heterocycles. The minimum absolute atomic E-state index is 0.122. The highest BCUT2D eigenvalue weighted by Crippen LogP contribution is 2.25. The fourth-order valence-electron chi connectivity index (χ4n) is 1.39. The van der Waals surface area contributed by atoms with Gasteiger partial charge in [0.1, 0.15) is 5.75 Å². The summed E-state index contributed by atoms with van der Waals surface area (Å²) in [5, 5.41) is 7.48. The third-order valence-corrected chi connectivity index (χ3v) is 2.46. The maximum Gasteiger partial charge on any atom is 0.244 e. The summed E-state index contributed by atoms with van der Waals surface area (Å²) in [5.74, 6) is 1.40. The molecule has 1 aromatic carbocycles. The largest absolute Gasteiger partial charge is 0.497 e. The minimum Gasteiger partial charge on any atom is -0.497 e. The SMILES string of the molecule is COc1cccc(N(C)c2cnnc(Cl)n2)c1. The number of benzene rings is 1. The van der Waals surface area contributed by atoms with Crippen LogP contribution in [0.25, 0.3) is 0 Å². The highest BCUT2D eigenvalue weighted by Gasteiger charge is 2.07. The lowest BCUT2D eigenvalue weighted by Gasteiger charge is -2.18. The van der Waals surface area contributed by atoms with Crippen molar-refractivity contribution in [3.05, 3.63) is 35.7 Å². The Balaban J connectivity index is 2.33. The molecule has 0 atom stereocenters. The van der Waals surface area contributed by atoms with E-state index in [1.165, 1.54) is 0 Å². The molecular weight excluding hydrogens is 240 g/mol. The molecule has 17 heavy (non-hydrogen) atoms. The predicted octanol–water partition coefficient (Wildman–Crippen LogP) is 2.30. The molecule has 0 aliphatic heterocycles. The summed E-state index contributed by atoms with van der Waals surface area (Å²) in [6, 6.07) is 7.62. The first-order chi connectivity index (χ1) is 8.20. The Hall–Kier alpha value is -1.88. The molecule has 1 aromatic heterocycles. The van der Waals surface area contributed by atoms with E-state index in [1.807, 2.05) is 36.2 Å². The molecule has 88 valence electrons. The van der Waals surface area contributed by atoms with Gasteiger partial charge in [-0.15, -0.1) is 5.10 Å². The molecular formula is C11H11ClN4O. The zero-order valence-electron chi connectivity index (χ0n) is 9.46. The maximum absolute atomic E-state index is 5.70. The van der Waals surface area contributed by atoms with Crippen molar-refractivity contribution in [2.75, 3.05) is 19.1 Å². The molecule has 0 fully saturated rings. The summed E-state index contributed by atoms with van der Waals surface area (Å²) in [7, 11) is 3.50. The van der Waals surface area contributed by atoms with Crippen molar-refractivity contribution in [3.63, 3.8) is 0 Å². The molecule has 2 rings (SSSR count). The van der Waals surface area contributed by atoms with Gasteiger partial charge in [0, 0.05) is 18.8 Å². The molecule has 0 unspecified atom stereocenters. The number of halogens is 1. The predicted molar refractivity (Wildman–Crippen MR) is 65.9 cm³/mol. The lowest BCUT2D eigenvalue weighted by atomic mass is 10.3. The van der Waals surface area contributed by atoms with Crippen LogP contribution in [0.3, 0.4) is 0 Å². The molecule has 0 radical (unpaired) electrons. The van der Waals surface area contributed by atoms with Gasteiger partial charge in [0.25, 0.3) is 0 Å². The van der Waals surface area contributed by atoms with Crippen molar-refractivity contribution in [1.29, 1.82) is 0 Å². The normalized spacial score (nSPS) is 10.1. The van der Waals surface area contributed by atoms with Crippen LogP contribution < -0.4 is 9.64 Å². The van der Waals surface area contributed by atoms with Crippen molar-refractivity contribution in [1.82, 2.24) is 15.2 Å². The van der Waals surface area contributed by atoms with Crippen molar-refractivity contribution in [3.8, 4) is 5.75 Å². The zero-order chi connectivity index (χ0) is 12.3. The molecule has 6 heteroatoms. The number of methoxy groups -OCH3 is 1. The van der Waals surface area contributed by atoms with E-state index in [2.05, 4.69) is 15.2 Å². The highest BCUT2D eigenvalue weighted by molar-refractivity contribution is 6.28. The third-order valence-electron chi connectivity index (χ3n) is 2.30. The van der Waals surface area contributed by atoms with Crippen LogP contribution in [-0.2, 0) is 0 Å². The molecule has 0 amide bonds. The molecule has 5 nitrogen and oxygen atoms in total. The van der Waals surface area contributed by atoms with Crippen LogP contribution in [0.5, 0.6) is 5.75 Å². The molecule has 0 spiro atoms. The first kappa shape index (κ1) is 11.6. The van der Waals surface area contributed by atoms with E-state index in [9.17, 15) is 0 Å². The van der Waals surface area contributed by atoms with E-state index in [0.29, 0.717) is 5.82 Å². The summed E-state index contributed by atoms with van der Waals surface area (Å²) in [5.41, 5.74) is 0.931. The van der Waals surface area contributed by atoms with Gasteiger partial charge in [0.05, 0.1) is 13.3 Å². The number of rotatable bonds is 3. The first-order valence-corrected chi connectivity index (χ1v) is 5.31. The number of nitrogens with zero attached hydrogens (tertiary/aromatic N) is 4. The average molecular weight is 251 g/mol. The second kappa shape index (κ2) is 4.97. The van der Waals surface area contributed by atoms with Crippen LogP contribution in [0.2, 0.25) is 5.28 Å². The van der Waals surface area contributed by atoms with Gasteiger partial charge >= 0.3 is 0 Å². The van der Waals surface area contributed by atoms with Gasteiger partial charge in [0.15, 0.2) is 5.82 Å². The Kier molecular flexibility index (Phi) is 3.39. The van der Waals surface area contributed by atoms with Gasteiger partial charge in [0.2, 0.25) is 5.28 Å². The summed E-state index contributed by atoms with van der Waals surface area (Å²) >= 11 is 5.70. The second-order valence-corrected chi connectivity index (χ2v) is 3.68. The Labute approximate surface area is 104 Å². The second-order valence-electron chi connectivity index (χ2n) is 3.34. The Morgan fingerprint density at radius 1 is 1.35 bits per heavy atom. The van der Waals surface area contributed by atoms with Crippen LogP contribution in [0.1, 0.15) is 0 Å². The average Bonchev–Trinajstić information content (AvgIpc) is 2.38. The molecule has 0 aliphatic rings. The smallest absolute Gasteiger partial charge is 0.244 e. The summed E-state index contributed by atoms with van der Waals surface area (Å²) in [4.78, 5) is 5.93. The van der Waals surface area contributed by atoms with Gasteiger partial charge in [-0.25, -0.2) is 0 Å². The van der Waals surface area contributed by atoms with Crippen LogP contribution in [-0.4, -0.2) is 29.3 Å². The van der Waals surface area contributed by atoms with Gasteiger partial charge in [-0.2, -0.15) is 10.1 Å². The molecule has 0 N–H and O–H groups in total. The minimum atomic E-state index is 0.122. The van der Waals surface area contributed by atoms with Gasteiger partial charge in [-0.3, -0.25) is 0 Å². The van der Waals surface area contributed by atoms with E-state index in [0.717, 1.165) is 11.4 Å². The van der Waals surface area contributed by atoms with E-state index in [-0.39, 0.29) is 5.28 Å². The number of hydrogen-bond acceptors (Lipinski definition) is 5. The fourth-order valence-corrected chi connectivity index (χ4v) is 1.52. The standard InChI is InChI=1S/C11H11ClN4O/c1-16(10-7-13-15-11(12)14-10)8-4-3-5-9(6-8)17-2/h3-7H,1-2H3. The lowest BCUT2D eigenvalue weighted by molar-refractivity contribution is 0.415. The van der Waals surface area contributed by atoms with Crippen molar-refractivity contribution < 1.29 is 4.74 Å². The Bertz CT molecular complexity index is 520. The molecule has 2 aromatic rings. The highest BCUT2D eigenvalue weighted by atomic mass is 35.5. The van der Waals surface area contributed by atoms with E-state index in [4.69, 9.17) is 16.3 Å². The van der Waals surface area contributed by atoms with Crippen LogP contribution in [0.4, 0.5) is 11.5 Å². The van der Waals surface area contributed by atoms with Gasteiger partial charge < -0.3 is 9.64 Å². The molecule has 0 bridgehead atoms. The molecule has 0 saturated heterocycles. The fraction of sp³-hybridized carbons (Fsp3) is 0.182.